The Morgan fingerprint density at radius 2 is 1.92 bits per heavy atom. The first-order valence-corrected chi connectivity index (χ1v) is 4.26. The van der Waals surface area contributed by atoms with Crippen LogP contribution in [0, 0.1) is 5.92 Å². The van der Waals surface area contributed by atoms with Crippen molar-refractivity contribution < 1.29 is 5.11 Å². The van der Waals surface area contributed by atoms with Gasteiger partial charge in [-0.15, -0.1) is 0 Å². The second-order valence-electron chi connectivity index (χ2n) is 3.36. The van der Waals surface area contributed by atoms with Crippen LogP contribution in [0.1, 0.15) is 11.5 Å². The largest absolute Gasteiger partial charge is 0.396 e. The minimum Gasteiger partial charge on any atom is -0.396 e. The first-order valence-electron chi connectivity index (χ1n) is 4.26. The van der Waals surface area contributed by atoms with Gasteiger partial charge in [0.1, 0.15) is 0 Å². The average molecular weight is 163 g/mol. The van der Waals surface area contributed by atoms with Gasteiger partial charge in [-0.25, -0.2) is 0 Å². The number of nitrogens with two attached hydrogens (primary N) is 1. The predicted octanol–water partition coefficient (Wildman–Crippen LogP) is 0.720. The van der Waals surface area contributed by atoms with E-state index in [1.807, 2.05) is 18.2 Å². The van der Waals surface area contributed by atoms with Crippen molar-refractivity contribution in [3.05, 3.63) is 35.9 Å². The molecule has 1 aromatic carbocycles. The van der Waals surface area contributed by atoms with Crippen molar-refractivity contribution in [2.45, 2.75) is 12.0 Å². The maximum Gasteiger partial charge on any atom is 0.0480 e. The fourth-order valence-corrected chi connectivity index (χ4v) is 1.78. The van der Waals surface area contributed by atoms with Crippen LogP contribution < -0.4 is 5.73 Å². The van der Waals surface area contributed by atoms with E-state index in [9.17, 15) is 0 Å². The number of aliphatic hydroxyl groups excluding tert-OH is 1. The van der Waals surface area contributed by atoms with Crippen molar-refractivity contribution in [3.63, 3.8) is 0 Å². The molecule has 0 bridgehead atoms. The summed E-state index contributed by atoms with van der Waals surface area (Å²) < 4.78 is 0. The third-order valence-corrected chi connectivity index (χ3v) is 2.62. The molecule has 2 rings (SSSR count). The van der Waals surface area contributed by atoms with Crippen LogP contribution in [0.15, 0.2) is 30.3 Å². The van der Waals surface area contributed by atoms with Crippen molar-refractivity contribution in [3.8, 4) is 0 Å². The first-order chi connectivity index (χ1) is 5.84. The number of aliphatic hydroxyl groups is 1. The lowest BCUT2D eigenvalue weighted by atomic mass is 10.1. The molecule has 2 heteroatoms. The Kier molecular flexibility index (Phi) is 1.87. The Bertz CT molecular complexity index is 260. The first kappa shape index (κ1) is 7.77. The van der Waals surface area contributed by atoms with E-state index in [0.717, 1.165) is 0 Å². The standard InChI is InChI=1S/C10H13NO/c11-10-8(6-12)9(10)7-4-2-1-3-5-7/h1-5,8-10,12H,6,11H2/t8-,9-,10-/m0/s1. The molecule has 3 atom stereocenters. The summed E-state index contributed by atoms with van der Waals surface area (Å²) in [6.45, 7) is 0.209. The van der Waals surface area contributed by atoms with E-state index in [2.05, 4.69) is 12.1 Å². The molecular formula is C10H13NO. The van der Waals surface area contributed by atoms with Gasteiger partial charge >= 0.3 is 0 Å². The van der Waals surface area contributed by atoms with Crippen LogP contribution >= 0.6 is 0 Å². The highest BCUT2D eigenvalue weighted by Crippen LogP contribution is 2.45. The summed E-state index contributed by atoms with van der Waals surface area (Å²) in [5, 5.41) is 8.93. The van der Waals surface area contributed by atoms with Crippen molar-refractivity contribution in [2.75, 3.05) is 6.61 Å². The van der Waals surface area contributed by atoms with Crippen molar-refractivity contribution in [1.29, 1.82) is 0 Å². The maximum atomic E-state index is 8.93. The molecule has 0 aliphatic heterocycles. The van der Waals surface area contributed by atoms with Gasteiger partial charge in [-0.1, -0.05) is 30.3 Å². The molecule has 2 nitrogen and oxygen atoms in total. The lowest BCUT2D eigenvalue weighted by Gasteiger charge is -1.96. The number of benzene rings is 1. The quantitative estimate of drug-likeness (QED) is 0.674. The average Bonchev–Trinajstić information content (AvgIpc) is 2.78. The Morgan fingerprint density at radius 3 is 2.42 bits per heavy atom. The Balaban J connectivity index is 2.14. The van der Waals surface area contributed by atoms with Crippen LogP contribution in [0.2, 0.25) is 0 Å². The van der Waals surface area contributed by atoms with Gasteiger partial charge in [-0.05, 0) is 5.56 Å². The molecule has 1 aliphatic carbocycles. The lowest BCUT2D eigenvalue weighted by Crippen LogP contribution is -2.04. The van der Waals surface area contributed by atoms with Crippen molar-refractivity contribution in [2.24, 2.45) is 11.7 Å². The maximum absolute atomic E-state index is 8.93. The summed E-state index contributed by atoms with van der Waals surface area (Å²) in [4.78, 5) is 0. The van der Waals surface area contributed by atoms with Gasteiger partial charge in [0.2, 0.25) is 0 Å². The molecule has 1 aromatic rings. The number of hydrogen-bond donors (Lipinski definition) is 2. The van der Waals surface area contributed by atoms with Crippen LogP contribution in [0.5, 0.6) is 0 Å². The van der Waals surface area contributed by atoms with E-state index in [1.165, 1.54) is 5.56 Å². The fourth-order valence-electron chi connectivity index (χ4n) is 1.78. The van der Waals surface area contributed by atoms with Crippen LogP contribution in [0.3, 0.4) is 0 Å². The summed E-state index contributed by atoms with van der Waals surface area (Å²) >= 11 is 0. The van der Waals surface area contributed by atoms with Crippen LogP contribution in [0.25, 0.3) is 0 Å². The van der Waals surface area contributed by atoms with E-state index in [0.29, 0.717) is 5.92 Å². The summed E-state index contributed by atoms with van der Waals surface area (Å²) in [7, 11) is 0. The normalized spacial score (nSPS) is 33.3. The zero-order valence-corrected chi connectivity index (χ0v) is 6.85. The van der Waals surface area contributed by atoms with E-state index in [1.54, 1.807) is 0 Å². The van der Waals surface area contributed by atoms with E-state index >= 15 is 0 Å². The van der Waals surface area contributed by atoms with Gasteiger partial charge in [0.15, 0.2) is 0 Å². The minimum absolute atomic E-state index is 0.164. The van der Waals surface area contributed by atoms with Gasteiger partial charge < -0.3 is 10.8 Å². The monoisotopic (exact) mass is 163 g/mol. The van der Waals surface area contributed by atoms with Crippen molar-refractivity contribution >= 4 is 0 Å². The Hall–Kier alpha value is -0.860. The highest BCUT2D eigenvalue weighted by atomic mass is 16.3. The highest BCUT2D eigenvalue weighted by molar-refractivity contribution is 5.30. The topological polar surface area (TPSA) is 46.2 Å². The third kappa shape index (κ3) is 1.13. The lowest BCUT2D eigenvalue weighted by molar-refractivity contribution is 0.271. The van der Waals surface area contributed by atoms with Crippen molar-refractivity contribution in [1.82, 2.24) is 0 Å². The van der Waals surface area contributed by atoms with E-state index in [-0.39, 0.29) is 18.6 Å². The Morgan fingerprint density at radius 1 is 1.25 bits per heavy atom. The molecule has 1 saturated carbocycles. The molecular weight excluding hydrogens is 150 g/mol. The second kappa shape index (κ2) is 2.88. The van der Waals surface area contributed by atoms with Gasteiger partial charge in [0.05, 0.1) is 0 Å². The molecule has 0 saturated heterocycles. The van der Waals surface area contributed by atoms with Gasteiger partial charge in [0.25, 0.3) is 0 Å². The molecule has 0 heterocycles. The molecule has 0 spiro atoms. The SMILES string of the molecule is N[C@H]1[C@@H](CO)[C@@H]1c1ccccc1. The van der Waals surface area contributed by atoms with E-state index < -0.39 is 0 Å². The van der Waals surface area contributed by atoms with Crippen LogP contribution in [0.4, 0.5) is 0 Å². The third-order valence-electron chi connectivity index (χ3n) is 2.62. The zero-order valence-electron chi connectivity index (χ0n) is 6.85. The summed E-state index contributed by atoms with van der Waals surface area (Å²) in [5.41, 5.74) is 7.05. The predicted molar refractivity (Wildman–Crippen MR) is 47.7 cm³/mol. The summed E-state index contributed by atoms with van der Waals surface area (Å²) in [6, 6.07) is 10.3. The van der Waals surface area contributed by atoms with Crippen LogP contribution in [-0.2, 0) is 0 Å². The smallest absolute Gasteiger partial charge is 0.0480 e. The molecule has 0 radical (unpaired) electrons. The molecule has 0 amide bonds. The highest BCUT2D eigenvalue weighted by Gasteiger charge is 2.47. The minimum atomic E-state index is 0.164. The molecule has 64 valence electrons. The Labute approximate surface area is 72.0 Å². The second-order valence-corrected chi connectivity index (χ2v) is 3.36. The molecule has 1 fully saturated rings. The van der Waals surface area contributed by atoms with Gasteiger partial charge in [-0.2, -0.15) is 0 Å². The number of rotatable bonds is 2. The van der Waals surface area contributed by atoms with Gasteiger partial charge in [0, 0.05) is 24.5 Å². The van der Waals surface area contributed by atoms with E-state index in [4.69, 9.17) is 10.8 Å². The fraction of sp³-hybridized carbons (Fsp3) is 0.400. The molecule has 1 aliphatic rings. The van der Waals surface area contributed by atoms with Crippen LogP contribution in [-0.4, -0.2) is 17.8 Å². The summed E-state index contributed by atoms with van der Waals surface area (Å²) in [6.07, 6.45) is 0. The molecule has 0 unspecified atom stereocenters. The zero-order chi connectivity index (χ0) is 8.55. The molecule has 0 aromatic heterocycles. The summed E-state index contributed by atoms with van der Waals surface area (Å²) in [5.74, 6) is 0.670. The van der Waals surface area contributed by atoms with Gasteiger partial charge in [-0.3, -0.25) is 0 Å². The molecule has 12 heavy (non-hydrogen) atoms. The molecule has 3 N–H and O–H groups in total. The number of hydrogen-bond acceptors (Lipinski definition) is 2.